The number of rotatable bonds is 2. The van der Waals surface area contributed by atoms with Gasteiger partial charge in [-0.15, -0.1) is 12.4 Å². The maximum atomic E-state index is 5.67. The SMILES string of the molecule is Cl.NC(=NCC1CC1)n1cccn1. The van der Waals surface area contributed by atoms with Crippen LogP contribution in [0.25, 0.3) is 0 Å². The van der Waals surface area contributed by atoms with Crippen LogP contribution in [0.15, 0.2) is 23.5 Å². The van der Waals surface area contributed by atoms with Crippen LogP contribution in [0.1, 0.15) is 12.8 Å². The van der Waals surface area contributed by atoms with Gasteiger partial charge in [-0.3, -0.25) is 4.99 Å². The van der Waals surface area contributed by atoms with Crippen LogP contribution >= 0.6 is 12.4 Å². The van der Waals surface area contributed by atoms with Gasteiger partial charge in [-0.05, 0) is 24.8 Å². The molecule has 0 amide bonds. The zero-order valence-electron chi connectivity index (χ0n) is 7.26. The van der Waals surface area contributed by atoms with Crippen molar-refractivity contribution in [1.29, 1.82) is 0 Å². The van der Waals surface area contributed by atoms with E-state index in [2.05, 4.69) is 10.1 Å². The van der Waals surface area contributed by atoms with Crippen LogP contribution in [0.4, 0.5) is 0 Å². The minimum Gasteiger partial charge on any atom is -0.368 e. The smallest absolute Gasteiger partial charge is 0.216 e. The van der Waals surface area contributed by atoms with Gasteiger partial charge in [0.1, 0.15) is 0 Å². The van der Waals surface area contributed by atoms with Gasteiger partial charge in [-0.2, -0.15) is 5.10 Å². The van der Waals surface area contributed by atoms with Crippen LogP contribution < -0.4 is 5.73 Å². The maximum Gasteiger partial charge on any atom is 0.216 e. The average Bonchev–Trinajstić information content (AvgIpc) is 2.74. The Labute approximate surface area is 83.2 Å². The molecule has 72 valence electrons. The summed E-state index contributed by atoms with van der Waals surface area (Å²) in [5.74, 6) is 1.27. The molecular formula is C8H13ClN4. The van der Waals surface area contributed by atoms with Gasteiger partial charge in [0, 0.05) is 18.9 Å². The topological polar surface area (TPSA) is 56.2 Å². The molecule has 1 aromatic heterocycles. The fourth-order valence-corrected chi connectivity index (χ4v) is 1.000. The number of nitrogens with two attached hydrogens (primary N) is 1. The second-order valence-electron chi connectivity index (χ2n) is 3.09. The lowest BCUT2D eigenvalue weighted by Crippen LogP contribution is -2.23. The molecule has 0 radical (unpaired) electrons. The first kappa shape index (κ1) is 10.1. The van der Waals surface area contributed by atoms with Crippen molar-refractivity contribution >= 4 is 18.4 Å². The summed E-state index contributed by atoms with van der Waals surface area (Å²) in [5.41, 5.74) is 5.67. The van der Waals surface area contributed by atoms with E-state index in [1.54, 1.807) is 17.1 Å². The van der Waals surface area contributed by atoms with Crippen molar-refractivity contribution in [2.75, 3.05) is 6.54 Å². The first-order valence-electron chi connectivity index (χ1n) is 4.16. The molecule has 1 saturated carbocycles. The highest BCUT2D eigenvalue weighted by Crippen LogP contribution is 2.28. The van der Waals surface area contributed by atoms with Gasteiger partial charge in [-0.25, -0.2) is 4.68 Å². The second-order valence-corrected chi connectivity index (χ2v) is 3.09. The minimum atomic E-state index is 0. The molecular weight excluding hydrogens is 188 g/mol. The largest absolute Gasteiger partial charge is 0.368 e. The molecule has 0 saturated heterocycles. The van der Waals surface area contributed by atoms with E-state index in [1.807, 2.05) is 6.07 Å². The highest BCUT2D eigenvalue weighted by atomic mass is 35.5. The standard InChI is InChI=1S/C8H12N4.ClH/c9-8(10-6-7-2-3-7)12-5-1-4-11-12;/h1,4-5,7H,2-3,6H2,(H2,9,10);1H. The van der Waals surface area contributed by atoms with Crippen molar-refractivity contribution in [2.24, 2.45) is 16.6 Å². The number of hydrogen-bond donors (Lipinski definition) is 1. The summed E-state index contributed by atoms with van der Waals surface area (Å²) >= 11 is 0. The number of hydrogen-bond acceptors (Lipinski definition) is 2. The van der Waals surface area contributed by atoms with Crippen LogP contribution in [0, 0.1) is 5.92 Å². The van der Waals surface area contributed by atoms with Crippen LogP contribution in [0.5, 0.6) is 0 Å². The Kier molecular flexibility index (Phi) is 3.31. The highest BCUT2D eigenvalue weighted by molar-refractivity contribution is 5.85. The van der Waals surface area contributed by atoms with Crippen molar-refractivity contribution in [2.45, 2.75) is 12.8 Å². The summed E-state index contributed by atoms with van der Waals surface area (Å²) in [7, 11) is 0. The summed E-state index contributed by atoms with van der Waals surface area (Å²) in [6.45, 7) is 0.853. The molecule has 0 bridgehead atoms. The lowest BCUT2D eigenvalue weighted by Gasteiger charge is -1.98. The van der Waals surface area contributed by atoms with Crippen LogP contribution in [0.2, 0.25) is 0 Å². The fraction of sp³-hybridized carbons (Fsp3) is 0.500. The Morgan fingerprint density at radius 3 is 2.92 bits per heavy atom. The Balaban J connectivity index is 0.000000845. The molecule has 0 spiro atoms. The van der Waals surface area contributed by atoms with Gasteiger partial charge >= 0.3 is 0 Å². The molecule has 1 aromatic rings. The van der Waals surface area contributed by atoms with Crippen molar-refractivity contribution in [3.05, 3.63) is 18.5 Å². The molecule has 1 aliphatic carbocycles. The van der Waals surface area contributed by atoms with Crippen LogP contribution in [-0.2, 0) is 0 Å². The van der Waals surface area contributed by atoms with E-state index in [9.17, 15) is 0 Å². The second kappa shape index (κ2) is 4.28. The van der Waals surface area contributed by atoms with E-state index in [-0.39, 0.29) is 12.4 Å². The lowest BCUT2D eigenvalue weighted by atomic mass is 10.4. The van der Waals surface area contributed by atoms with Gasteiger partial charge in [0.2, 0.25) is 5.96 Å². The third-order valence-electron chi connectivity index (χ3n) is 1.95. The number of halogens is 1. The van der Waals surface area contributed by atoms with Crippen molar-refractivity contribution in [3.8, 4) is 0 Å². The van der Waals surface area contributed by atoms with Gasteiger partial charge in [0.25, 0.3) is 0 Å². The molecule has 4 nitrogen and oxygen atoms in total. The van der Waals surface area contributed by atoms with E-state index in [0.717, 1.165) is 12.5 Å². The van der Waals surface area contributed by atoms with Gasteiger partial charge < -0.3 is 5.73 Å². The Bertz CT molecular complexity index is 276. The molecule has 1 heterocycles. The summed E-state index contributed by atoms with van der Waals surface area (Å²) in [6, 6.07) is 1.83. The van der Waals surface area contributed by atoms with E-state index < -0.39 is 0 Å². The monoisotopic (exact) mass is 200 g/mol. The zero-order valence-corrected chi connectivity index (χ0v) is 8.07. The van der Waals surface area contributed by atoms with Crippen molar-refractivity contribution in [1.82, 2.24) is 9.78 Å². The molecule has 0 atom stereocenters. The molecule has 13 heavy (non-hydrogen) atoms. The molecule has 0 aromatic carbocycles. The first-order chi connectivity index (χ1) is 5.86. The van der Waals surface area contributed by atoms with Crippen LogP contribution in [-0.4, -0.2) is 22.3 Å². The highest BCUT2D eigenvalue weighted by Gasteiger charge is 2.20. The normalized spacial score (nSPS) is 16.8. The molecule has 0 aliphatic heterocycles. The van der Waals surface area contributed by atoms with Crippen LogP contribution in [0.3, 0.4) is 0 Å². The maximum absolute atomic E-state index is 5.67. The van der Waals surface area contributed by atoms with Crippen molar-refractivity contribution in [3.63, 3.8) is 0 Å². The fourth-order valence-electron chi connectivity index (χ4n) is 1.000. The summed E-state index contributed by atoms with van der Waals surface area (Å²) in [4.78, 5) is 4.22. The van der Waals surface area contributed by atoms with Gasteiger partial charge in [-0.1, -0.05) is 0 Å². The third-order valence-corrected chi connectivity index (χ3v) is 1.95. The molecule has 0 unspecified atom stereocenters. The number of aromatic nitrogens is 2. The predicted octanol–water partition coefficient (Wildman–Crippen LogP) is 0.878. The lowest BCUT2D eigenvalue weighted by molar-refractivity contribution is 0.822. The Hall–Kier alpha value is -1.03. The quantitative estimate of drug-likeness (QED) is 0.569. The Morgan fingerprint density at radius 1 is 1.62 bits per heavy atom. The Morgan fingerprint density at radius 2 is 2.38 bits per heavy atom. The molecule has 5 heteroatoms. The van der Waals surface area contributed by atoms with Gasteiger partial charge in [0.05, 0.1) is 0 Å². The zero-order chi connectivity index (χ0) is 8.39. The summed E-state index contributed by atoms with van der Waals surface area (Å²) in [5, 5.41) is 3.98. The number of nitrogens with zero attached hydrogens (tertiary/aromatic N) is 3. The average molecular weight is 201 g/mol. The molecule has 2 N–H and O–H groups in total. The molecule has 2 rings (SSSR count). The molecule has 1 aliphatic rings. The van der Waals surface area contributed by atoms with Crippen molar-refractivity contribution < 1.29 is 0 Å². The van der Waals surface area contributed by atoms with E-state index in [1.165, 1.54) is 12.8 Å². The molecule has 1 fully saturated rings. The summed E-state index contributed by atoms with van der Waals surface area (Å²) < 4.78 is 1.59. The summed E-state index contributed by atoms with van der Waals surface area (Å²) in [6.07, 6.45) is 6.09. The minimum absolute atomic E-state index is 0. The van der Waals surface area contributed by atoms with E-state index in [0.29, 0.717) is 5.96 Å². The van der Waals surface area contributed by atoms with E-state index >= 15 is 0 Å². The third kappa shape index (κ3) is 2.73. The van der Waals surface area contributed by atoms with E-state index in [4.69, 9.17) is 5.73 Å². The number of aliphatic imine (C=N–C) groups is 1. The predicted molar refractivity (Wildman–Crippen MR) is 54.1 cm³/mol. The first-order valence-corrected chi connectivity index (χ1v) is 4.16. The van der Waals surface area contributed by atoms with Gasteiger partial charge in [0.15, 0.2) is 0 Å².